The second-order valence-electron chi connectivity index (χ2n) is 7.24. The van der Waals surface area contributed by atoms with Gasteiger partial charge in [-0.25, -0.2) is 4.98 Å². The Bertz CT molecular complexity index is 663. The van der Waals surface area contributed by atoms with E-state index in [-0.39, 0.29) is 5.91 Å². The Morgan fingerprint density at radius 3 is 2.67 bits per heavy atom. The maximum absolute atomic E-state index is 12.2. The van der Waals surface area contributed by atoms with Gasteiger partial charge in [-0.15, -0.1) is 0 Å². The van der Waals surface area contributed by atoms with Crippen LogP contribution in [0, 0.1) is 0 Å². The van der Waals surface area contributed by atoms with Crippen LogP contribution in [0.3, 0.4) is 0 Å². The molecule has 2 aromatic rings. The number of rotatable bonds is 4. The van der Waals surface area contributed by atoms with Crippen LogP contribution in [0.2, 0.25) is 0 Å². The number of piperidine rings is 1. The first-order valence-electron chi connectivity index (χ1n) is 9.24. The molecular weight excluding hydrogens is 300 g/mol. The molecule has 128 valence electrons. The first-order chi connectivity index (χ1) is 11.8. The first kappa shape index (κ1) is 15.6. The first-order valence-corrected chi connectivity index (χ1v) is 9.24. The van der Waals surface area contributed by atoms with Crippen LogP contribution in [0.15, 0.2) is 24.3 Å². The van der Waals surface area contributed by atoms with E-state index in [2.05, 4.69) is 27.3 Å². The lowest BCUT2D eigenvalue weighted by Gasteiger charge is -2.30. The predicted molar refractivity (Wildman–Crippen MR) is 94.9 cm³/mol. The SMILES string of the molecule is O=C(CN1CCC(c2nc3ccccc3[nH]2)CC1)NC1CCCC1. The Morgan fingerprint density at radius 2 is 1.92 bits per heavy atom. The monoisotopic (exact) mass is 326 g/mol. The van der Waals surface area contributed by atoms with Crippen molar-refractivity contribution in [2.45, 2.75) is 50.5 Å². The van der Waals surface area contributed by atoms with Gasteiger partial charge in [0.15, 0.2) is 0 Å². The van der Waals surface area contributed by atoms with E-state index < -0.39 is 0 Å². The Hall–Kier alpha value is -1.88. The molecule has 24 heavy (non-hydrogen) atoms. The third-order valence-corrected chi connectivity index (χ3v) is 5.47. The second kappa shape index (κ2) is 6.93. The molecule has 4 rings (SSSR count). The zero-order valence-corrected chi connectivity index (χ0v) is 14.1. The number of carbonyl (C=O) groups excluding carboxylic acids is 1. The summed E-state index contributed by atoms with van der Waals surface area (Å²) < 4.78 is 0. The summed E-state index contributed by atoms with van der Waals surface area (Å²) >= 11 is 0. The van der Waals surface area contributed by atoms with Gasteiger partial charge in [-0.2, -0.15) is 0 Å². The molecule has 2 fully saturated rings. The van der Waals surface area contributed by atoms with Crippen LogP contribution >= 0.6 is 0 Å². The van der Waals surface area contributed by atoms with Crippen molar-refractivity contribution in [3.63, 3.8) is 0 Å². The van der Waals surface area contributed by atoms with Crippen LogP contribution in [-0.2, 0) is 4.79 Å². The highest BCUT2D eigenvalue weighted by Crippen LogP contribution is 2.27. The number of nitrogens with one attached hydrogen (secondary N) is 2. The van der Waals surface area contributed by atoms with Crippen LogP contribution in [-0.4, -0.2) is 46.5 Å². The minimum atomic E-state index is 0.198. The van der Waals surface area contributed by atoms with E-state index in [9.17, 15) is 4.79 Å². The number of fused-ring (bicyclic) bond motifs is 1. The lowest BCUT2D eigenvalue weighted by molar-refractivity contribution is -0.123. The molecule has 1 saturated heterocycles. The third kappa shape index (κ3) is 3.46. The molecule has 1 amide bonds. The van der Waals surface area contributed by atoms with Gasteiger partial charge in [0, 0.05) is 12.0 Å². The largest absolute Gasteiger partial charge is 0.352 e. The summed E-state index contributed by atoms with van der Waals surface area (Å²) in [7, 11) is 0. The van der Waals surface area contributed by atoms with E-state index in [0.717, 1.165) is 55.6 Å². The van der Waals surface area contributed by atoms with Crippen molar-refractivity contribution >= 4 is 16.9 Å². The molecule has 1 aromatic heterocycles. The molecule has 2 N–H and O–H groups in total. The van der Waals surface area contributed by atoms with Gasteiger partial charge in [0.25, 0.3) is 0 Å². The smallest absolute Gasteiger partial charge is 0.234 e. The summed E-state index contributed by atoms with van der Waals surface area (Å²) in [6.07, 6.45) is 6.95. The summed E-state index contributed by atoms with van der Waals surface area (Å²) in [4.78, 5) is 22.6. The van der Waals surface area contributed by atoms with Crippen LogP contribution in [0.1, 0.15) is 50.3 Å². The van der Waals surface area contributed by atoms with Crippen molar-refractivity contribution in [1.29, 1.82) is 0 Å². The fourth-order valence-electron chi connectivity index (χ4n) is 4.08. The molecule has 0 spiro atoms. The number of benzene rings is 1. The second-order valence-corrected chi connectivity index (χ2v) is 7.24. The molecular formula is C19H26N4O. The molecule has 5 nitrogen and oxygen atoms in total. The lowest BCUT2D eigenvalue weighted by Crippen LogP contribution is -2.43. The summed E-state index contributed by atoms with van der Waals surface area (Å²) in [6, 6.07) is 8.62. The van der Waals surface area contributed by atoms with Gasteiger partial charge < -0.3 is 10.3 Å². The number of para-hydroxylation sites is 2. The van der Waals surface area contributed by atoms with Gasteiger partial charge in [-0.1, -0.05) is 25.0 Å². The number of carbonyl (C=O) groups is 1. The predicted octanol–water partition coefficient (Wildman–Crippen LogP) is 2.80. The van der Waals surface area contributed by atoms with Crippen LogP contribution in [0.25, 0.3) is 11.0 Å². The van der Waals surface area contributed by atoms with Gasteiger partial charge >= 0.3 is 0 Å². The van der Waals surface area contributed by atoms with Crippen LogP contribution < -0.4 is 5.32 Å². The minimum absolute atomic E-state index is 0.198. The van der Waals surface area contributed by atoms with Crippen molar-refractivity contribution in [2.75, 3.05) is 19.6 Å². The zero-order valence-electron chi connectivity index (χ0n) is 14.1. The average Bonchev–Trinajstić information content (AvgIpc) is 3.24. The topological polar surface area (TPSA) is 61.0 Å². The maximum atomic E-state index is 12.2. The Balaban J connectivity index is 1.29. The lowest BCUT2D eigenvalue weighted by atomic mass is 9.96. The number of hydrogen-bond donors (Lipinski definition) is 2. The molecule has 0 radical (unpaired) electrons. The summed E-state index contributed by atoms with van der Waals surface area (Å²) in [5, 5.41) is 3.19. The molecule has 2 aliphatic rings. The number of hydrogen-bond acceptors (Lipinski definition) is 3. The van der Waals surface area contributed by atoms with E-state index in [0.29, 0.717) is 18.5 Å². The van der Waals surface area contributed by atoms with E-state index in [1.165, 1.54) is 12.8 Å². The molecule has 0 bridgehead atoms. The Morgan fingerprint density at radius 1 is 1.17 bits per heavy atom. The maximum Gasteiger partial charge on any atom is 0.234 e. The van der Waals surface area contributed by atoms with Crippen molar-refractivity contribution in [3.8, 4) is 0 Å². The van der Waals surface area contributed by atoms with Gasteiger partial charge in [-0.3, -0.25) is 9.69 Å². The number of aromatic amines is 1. The van der Waals surface area contributed by atoms with Crippen molar-refractivity contribution < 1.29 is 4.79 Å². The fraction of sp³-hybridized carbons (Fsp3) is 0.579. The molecule has 1 aliphatic carbocycles. The van der Waals surface area contributed by atoms with E-state index in [1.807, 2.05) is 12.1 Å². The molecule has 1 aliphatic heterocycles. The van der Waals surface area contributed by atoms with Crippen molar-refractivity contribution in [1.82, 2.24) is 20.2 Å². The highest BCUT2D eigenvalue weighted by molar-refractivity contribution is 5.78. The average molecular weight is 326 g/mol. The summed E-state index contributed by atoms with van der Waals surface area (Å²) in [6.45, 7) is 2.49. The molecule has 1 saturated carbocycles. The van der Waals surface area contributed by atoms with E-state index >= 15 is 0 Å². The number of aromatic nitrogens is 2. The Kier molecular flexibility index (Phi) is 4.52. The normalized spacial score (nSPS) is 20.7. The van der Waals surface area contributed by atoms with Gasteiger partial charge in [0.1, 0.15) is 5.82 Å². The minimum Gasteiger partial charge on any atom is -0.352 e. The number of amides is 1. The van der Waals surface area contributed by atoms with Crippen LogP contribution in [0.5, 0.6) is 0 Å². The molecule has 5 heteroatoms. The highest BCUT2D eigenvalue weighted by atomic mass is 16.2. The number of imidazole rings is 1. The third-order valence-electron chi connectivity index (χ3n) is 5.47. The molecule has 2 heterocycles. The van der Waals surface area contributed by atoms with E-state index in [4.69, 9.17) is 4.98 Å². The van der Waals surface area contributed by atoms with E-state index in [1.54, 1.807) is 0 Å². The number of H-pyrrole nitrogens is 1. The van der Waals surface area contributed by atoms with Gasteiger partial charge in [0.2, 0.25) is 5.91 Å². The van der Waals surface area contributed by atoms with Crippen LogP contribution in [0.4, 0.5) is 0 Å². The Labute approximate surface area is 142 Å². The molecule has 0 atom stereocenters. The standard InChI is InChI=1S/C19H26N4O/c24-18(20-15-5-1-2-6-15)13-23-11-9-14(10-12-23)19-21-16-7-3-4-8-17(16)22-19/h3-4,7-8,14-15H,1-2,5-6,9-13H2,(H,20,24)(H,21,22). The van der Waals surface area contributed by atoms with Gasteiger partial charge in [0.05, 0.1) is 17.6 Å². The molecule has 1 aromatic carbocycles. The number of likely N-dealkylation sites (tertiary alicyclic amines) is 1. The van der Waals surface area contributed by atoms with Gasteiger partial charge in [-0.05, 0) is 50.9 Å². The fourth-order valence-corrected chi connectivity index (χ4v) is 4.08. The quantitative estimate of drug-likeness (QED) is 0.908. The summed E-state index contributed by atoms with van der Waals surface area (Å²) in [5.74, 6) is 1.78. The number of nitrogens with zero attached hydrogens (tertiary/aromatic N) is 2. The summed E-state index contributed by atoms with van der Waals surface area (Å²) in [5.41, 5.74) is 2.16. The molecule has 0 unspecified atom stereocenters. The van der Waals surface area contributed by atoms with Crippen molar-refractivity contribution in [3.05, 3.63) is 30.1 Å². The zero-order chi connectivity index (χ0) is 16.4. The highest BCUT2D eigenvalue weighted by Gasteiger charge is 2.25. The van der Waals surface area contributed by atoms with Crippen molar-refractivity contribution in [2.24, 2.45) is 0 Å².